The molecule has 106 valence electrons. The van der Waals surface area contributed by atoms with Crippen LogP contribution in [0, 0.1) is 6.92 Å². The Hall–Kier alpha value is -2.36. The predicted octanol–water partition coefficient (Wildman–Crippen LogP) is 3.16. The van der Waals surface area contributed by atoms with Gasteiger partial charge in [0.1, 0.15) is 5.52 Å². The van der Waals surface area contributed by atoms with Gasteiger partial charge in [0.15, 0.2) is 5.82 Å². The lowest BCUT2D eigenvalue weighted by atomic mass is 10.1. The molecule has 0 N–H and O–H groups in total. The van der Waals surface area contributed by atoms with Gasteiger partial charge < -0.3 is 4.90 Å². The lowest BCUT2D eigenvalue weighted by molar-refractivity contribution is 0.655. The fraction of sp³-hybridized carbons (Fsp3) is 0.294. The first-order valence-electron chi connectivity index (χ1n) is 7.35. The zero-order chi connectivity index (χ0) is 14.4. The molecule has 4 heteroatoms. The van der Waals surface area contributed by atoms with Crippen LogP contribution in [0.3, 0.4) is 0 Å². The smallest absolute Gasteiger partial charge is 0.154 e. The molecule has 4 rings (SSSR count). The van der Waals surface area contributed by atoms with Crippen molar-refractivity contribution in [3.63, 3.8) is 0 Å². The van der Waals surface area contributed by atoms with Crippen LogP contribution in [0.25, 0.3) is 5.52 Å². The molecule has 0 spiro atoms. The second kappa shape index (κ2) is 4.58. The highest BCUT2D eigenvalue weighted by Gasteiger charge is 2.27. The summed E-state index contributed by atoms with van der Waals surface area (Å²) in [6.07, 6.45) is 6.02. The van der Waals surface area contributed by atoms with Gasteiger partial charge in [0, 0.05) is 19.4 Å². The monoisotopic (exact) mass is 278 g/mol. The van der Waals surface area contributed by atoms with Crippen molar-refractivity contribution in [2.24, 2.45) is 0 Å². The molecule has 0 aliphatic heterocycles. The summed E-state index contributed by atoms with van der Waals surface area (Å²) in [5.41, 5.74) is 4.98. The fourth-order valence-corrected chi connectivity index (χ4v) is 3.39. The van der Waals surface area contributed by atoms with Gasteiger partial charge in [-0.1, -0.05) is 24.3 Å². The minimum atomic E-state index is 0.398. The van der Waals surface area contributed by atoms with Crippen molar-refractivity contribution in [1.29, 1.82) is 0 Å². The van der Waals surface area contributed by atoms with Crippen LogP contribution in [0.1, 0.15) is 29.3 Å². The fourth-order valence-electron chi connectivity index (χ4n) is 3.39. The van der Waals surface area contributed by atoms with Gasteiger partial charge in [0.2, 0.25) is 0 Å². The van der Waals surface area contributed by atoms with Gasteiger partial charge in [0.25, 0.3) is 0 Å². The van der Waals surface area contributed by atoms with Crippen LogP contribution in [-0.2, 0) is 6.42 Å². The normalized spacial score (nSPS) is 17.1. The second-order valence-corrected chi connectivity index (χ2v) is 5.73. The summed E-state index contributed by atoms with van der Waals surface area (Å²) in [5.74, 6) is 1.000. The van der Waals surface area contributed by atoms with Crippen molar-refractivity contribution in [2.45, 2.75) is 25.8 Å². The molecule has 0 fully saturated rings. The van der Waals surface area contributed by atoms with Gasteiger partial charge in [-0.15, -0.1) is 0 Å². The lowest BCUT2D eigenvalue weighted by Crippen LogP contribution is -2.23. The Morgan fingerprint density at radius 3 is 3.05 bits per heavy atom. The minimum Gasteiger partial charge on any atom is -0.351 e. The Labute approximate surface area is 124 Å². The Balaban J connectivity index is 1.79. The first kappa shape index (κ1) is 12.4. The number of aromatic nitrogens is 3. The predicted molar refractivity (Wildman–Crippen MR) is 83.6 cm³/mol. The number of hydrogen-bond acceptors (Lipinski definition) is 3. The lowest BCUT2D eigenvalue weighted by Gasteiger charge is -2.26. The van der Waals surface area contributed by atoms with Crippen LogP contribution >= 0.6 is 0 Å². The van der Waals surface area contributed by atoms with E-state index in [0.717, 1.165) is 29.9 Å². The number of nitrogens with zero attached hydrogens (tertiary/aromatic N) is 4. The van der Waals surface area contributed by atoms with Crippen molar-refractivity contribution < 1.29 is 0 Å². The Bertz CT molecular complexity index is 805. The third kappa shape index (κ3) is 1.90. The number of benzene rings is 1. The SMILES string of the molecule is Cc1cc2c(N(C)C3CCc4ccccc43)nccn2n1. The molecule has 4 nitrogen and oxygen atoms in total. The van der Waals surface area contributed by atoms with Crippen LogP contribution in [-0.4, -0.2) is 21.6 Å². The largest absolute Gasteiger partial charge is 0.351 e. The Kier molecular flexibility index (Phi) is 2.70. The average molecular weight is 278 g/mol. The van der Waals surface area contributed by atoms with Crippen LogP contribution in [0.15, 0.2) is 42.7 Å². The van der Waals surface area contributed by atoms with Crippen LogP contribution in [0.2, 0.25) is 0 Å². The van der Waals surface area contributed by atoms with Gasteiger partial charge >= 0.3 is 0 Å². The summed E-state index contributed by atoms with van der Waals surface area (Å²) in [4.78, 5) is 6.90. The van der Waals surface area contributed by atoms with E-state index in [1.807, 2.05) is 23.8 Å². The van der Waals surface area contributed by atoms with Crippen LogP contribution in [0.5, 0.6) is 0 Å². The topological polar surface area (TPSA) is 33.4 Å². The van der Waals surface area contributed by atoms with E-state index in [4.69, 9.17) is 0 Å². The van der Waals surface area contributed by atoms with Crippen molar-refractivity contribution in [3.05, 3.63) is 59.5 Å². The highest BCUT2D eigenvalue weighted by atomic mass is 15.3. The van der Waals surface area contributed by atoms with E-state index in [1.165, 1.54) is 11.1 Å². The molecule has 0 bridgehead atoms. The molecule has 0 radical (unpaired) electrons. The summed E-state index contributed by atoms with van der Waals surface area (Å²) in [6.45, 7) is 2.02. The molecule has 3 aromatic rings. The molecule has 1 unspecified atom stereocenters. The second-order valence-electron chi connectivity index (χ2n) is 5.73. The molecule has 0 amide bonds. The van der Waals surface area contributed by atoms with E-state index in [9.17, 15) is 0 Å². The third-order valence-corrected chi connectivity index (χ3v) is 4.39. The van der Waals surface area contributed by atoms with E-state index < -0.39 is 0 Å². The maximum atomic E-state index is 4.60. The number of hydrogen-bond donors (Lipinski definition) is 0. The molecule has 0 saturated heterocycles. The number of rotatable bonds is 2. The van der Waals surface area contributed by atoms with E-state index in [1.54, 1.807) is 0 Å². The highest BCUT2D eigenvalue weighted by Crippen LogP contribution is 2.37. The van der Waals surface area contributed by atoms with Crippen molar-refractivity contribution in [1.82, 2.24) is 14.6 Å². The van der Waals surface area contributed by atoms with Crippen molar-refractivity contribution >= 4 is 11.3 Å². The van der Waals surface area contributed by atoms with E-state index in [-0.39, 0.29) is 0 Å². The maximum Gasteiger partial charge on any atom is 0.154 e. The standard InChI is InChI=1S/C17H18N4/c1-12-11-16-17(18-9-10-21(16)19-12)20(2)15-8-7-13-5-3-4-6-14(13)15/h3-6,9-11,15H,7-8H2,1-2H3. The molecule has 1 aliphatic carbocycles. The van der Waals surface area contributed by atoms with Crippen molar-refractivity contribution in [2.75, 3.05) is 11.9 Å². The highest BCUT2D eigenvalue weighted by molar-refractivity contribution is 5.69. The first-order valence-corrected chi connectivity index (χ1v) is 7.35. The molecule has 2 aromatic heterocycles. The molecular weight excluding hydrogens is 260 g/mol. The van der Waals surface area contributed by atoms with Gasteiger partial charge in [-0.3, -0.25) is 0 Å². The molecule has 1 atom stereocenters. The van der Waals surface area contributed by atoms with Crippen molar-refractivity contribution in [3.8, 4) is 0 Å². The van der Waals surface area contributed by atoms with Gasteiger partial charge in [-0.05, 0) is 37.0 Å². The number of anilines is 1. The summed E-state index contributed by atoms with van der Waals surface area (Å²) >= 11 is 0. The van der Waals surface area contributed by atoms with Crippen LogP contribution in [0.4, 0.5) is 5.82 Å². The molecule has 1 aromatic carbocycles. The molecule has 1 aliphatic rings. The first-order chi connectivity index (χ1) is 10.2. The zero-order valence-corrected chi connectivity index (χ0v) is 12.3. The molecule has 2 heterocycles. The summed E-state index contributed by atoms with van der Waals surface area (Å²) in [7, 11) is 2.14. The van der Waals surface area contributed by atoms with E-state index in [2.05, 4.69) is 52.4 Å². The van der Waals surface area contributed by atoms with Gasteiger partial charge in [-0.2, -0.15) is 5.10 Å². The average Bonchev–Trinajstić information content (AvgIpc) is 3.08. The van der Waals surface area contributed by atoms with Crippen LogP contribution < -0.4 is 4.90 Å². The number of aryl methyl sites for hydroxylation is 2. The Morgan fingerprint density at radius 1 is 1.29 bits per heavy atom. The molecular formula is C17H18N4. The molecule has 0 saturated carbocycles. The maximum absolute atomic E-state index is 4.60. The summed E-state index contributed by atoms with van der Waals surface area (Å²) < 4.78 is 1.91. The van der Waals surface area contributed by atoms with E-state index >= 15 is 0 Å². The molecule has 21 heavy (non-hydrogen) atoms. The number of fused-ring (bicyclic) bond motifs is 2. The summed E-state index contributed by atoms with van der Waals surface area (Å²) in [6, 6.07) is 11.2. The third-order valence-electron chi connectivity index (χ3n) is 4.39. The quantitative estimate of drug-likeness (QED) is 0.722. The minimum absolute atomic E-state index is 0.398. The summed E-state index contributed by atoms with van der Waals surface area (Å²) in [5, 5.41) is 4.48. The van der Waals surface area contributed by atoms with Gasteiger partial charge in [-0.25, -0.2) is 9.50 Å². The zero-order valence-electron chi connectivity index (χ0n) is 12.3. The van der Waals surface area contributed by atoms with E-state index in [0.29, 0.717) is 6.04 Å². The van der Waals surface area contributed by atoms with Gasteiger partial charge in [0.05, 0.1) is 11.7 Å². The Morgan fingerprint density at radius 2 is 2.14 bits per heavy atom.